The number of nitrogens with one attached hydrogen (secondary N) is 1. The van der Waals surface area contributed by atoms with E-state index >= 15 is 0 Å². The van der Waals surface area contributed by atoms with E-state index in [2.05, 4.69) is 15.3 Å². The molecule has 3 aromatic rings. The highest BCUT2D eigenvalue weighted by molar-refractivity contribution is 5.95. The molecule has 1 N–H and O–H groups in total. The average Bonchev–Trinajstić information content (AvgIpc) is 2.66. The lowest BCUT2D eigenvalue weighted by molar-refractivity contribution is -0.138. The van der Waals surface area contributed by atoms with Crippen LogP contribution in [0.2, 0.25) is 0 Å². The number of fused-ring (bicyclic) bond motifs is 1. The third kappa shape index (κ3) is 5.58. The number of rotatable bonds is 5. The summed E-state index contributed by atoms with van der Waals surface area (Å²) in [5.74, 6) is -0.509. The standard InChI is InChI=1S/C19H13F6N3O2/c20-18(21,22)7-8-26-17(29)15-4-1-11-9-13(3-5-14(11)28-15)30-16-6-2-12(10-27-16)19(23,24)25/h1-6,9-10H,7-8H2,(H,26,29). The van der Waals surface area contributed by atoms with Crippen LogP contribution >= 0.6 is 0 Å². The molecule has 0 spiro atoms. The first-order valence-electron chi connectivity index (χ1n) is 8.48. The van der Waals surface area contributed by atoms with E-state index in [0.29, 0.717) is 17.1 Å². The third-order valence-corrected chi connectivity index (χ3v) is 3.87. The number of aromatic nitrogens is 2. The van der Waals surface area contributed by atoms with Gasteiger partial charge in [-0.2, -0.15) is 26.3 Å². The van der Waals surface area contributed by atoms with Crippen molar-refractivity contribution in [3.8, 4) is 11.6 Å². The predicted octanol–water partition coefficient (Wildman–Crippen LogP) is 5.12. The van der Waals surface area contributed by atoms with Gasteiger partial charge in [-0.1, -0.05) is 6.07 Å². The minimum Gasteiger partial charge on any atom is -0.439 e. The Labute approximate surface area is 165 Å². The average molecular weight is 429 g/mol. The van der Waals surface area contributed by atoms with Crippen LogP contribution in [0, 0.1) is 0 Å². The van der Waals surface area contributed by atoms with E-state index in [1.165, 1.54) is 30.3 Å². The van der Waals surface area contributed by atoms with Gasteiger partial charge >= 0.3 is 12.4 Å². The molecular weight excluding hydrogens is 416 g/mol. The summed E-state index contributed by atoms with van der Waals surface area (Å²) in [5, 5.41) is 2.69. The second-order valence-electron chi connectivity index (χ2n) is 6.16. The number of nitrogens with zero attached hydrogens (tertiary/aromatic N) is 2. The number of hydrogen-bond donors (Lipinski definition) is 1. The van der Waals surface area contributed by atoms with Crippen molar-refractivity contribution in [1.82, 2.24) is 15.3 Å². The number of benzene rings is 1. The summed E-state index contributed by atoms with van der Waals surface area (Å²) in [6.45, 7) is -0.561. The van der Waals surface area contributed by atoms with Crippen molar-refractivity contribution in [2.24, 2.45) is 0 Å². The Kier molecular flexibility index (Phi) is 5.81. The maximum Gasteiger partial charge on any atom is 0.417 e. The van der Waals surface area contributed by atoms with Crippen LogP contribution in [0.3, 0.4) is 0 Å². The summed E-state index contributed by atoms with van der Waals surface area (Å²) >= 11 is 0. The van der Waals surface area contributed by atoms with Crippen LogP contribution in [-0.2, 0) is 6.18 Å². The van der Waals surface area contributed by atoms with Gasteiger partial charge in [-0.3, -0.25) is 4.79 Å². The fourth-order valence-corrected chi connectivity index (χ4v) is 2.43. The largest absolute Gasteiger partial charge is 0.439 e. The molecule has 11 heteroatoms. The van der Waals surface area contributed by atoms with E-state index in [1.807, 2.05) is 0 Å². The number of carbonyl (C=O) groups excluding carboxylic acids is 1. The minimum absolute atomic E-state index is 0.0454. The Morgan fingerprint density at radius 2 is 1.77 bits per heavy atom. The Hall–Kier alpha value is -3.37. The van der Waals surface area contributed by atoms with Crippen LogP contribution in [0.25, 0.3) is 10.9 Å². The molecule has 0 unspecified atom stereocenters. The summed E-state index contributed by atoms with van der Waals surface area (Å²) < 4.78 is 79.6. The summed E-state index contributed by atoms with van der Waals surface area (Å²) in [7, 11) is 0. The number of alkyl halides is 6. The first-order chi connectivity index (χ1) is 14.0. The Bertz CT molecular complexity index is 1050. The number of halogens is 6. The smallest absolute Gasteiger partial charge is 0.417 e. The molecule has 1 amide bonds. The molecule has 0 fully saturated rings. The van der Waals surface area contributed by atoms with Crippen LogP contribution in [0.4, 0.5) is 26.3 Å². The number of amides is 1. The SMILES string of the molecule is O=C(NCCC(F)(F)F)c1ccc2cc(Oc3ccc(C(F)(F)F)cn3)ccc2n1. The van der Waals surface area contributed by atoms with Gasteiger partial charge in [-0.05, 0) is 30.3 Å². The first-order valence-corrected chi connectivity index (χ1v) is 8.48. The van der Waals surface area contributed by atoms with Crippen molar-refractivity contribution in [3.63, 3.8) is 0 Å². The van der Waals surface area contributed by atoms with Gasteiger partial charge < -0.3 is 10.1 Å². The van der Waals surface area contributed by atoms with E-state index < -0.39 is 36.8 Å². The van der Waals surface area contributed by atoms with Crippen molar-refractivity contribution in [2.45, 2.75) is 18.8 Å². The van der Waals surface area contributed by atoms with Gasteiger partial charge in [0.2, 0.25) is 5.88 Å². The zero-order valence-corrected chi connectivity index (χ0v) is 15.0. The molecule has 3 rings (SSSR count). The molecule has 2 aromatic heterocycles. The topological polar surface area (TPSA) is 64.1 Å². The molecule has 0 bridgehead atoms. The van der Waals surface area contributed by atoms with Crippen LogP contribution in [-0.4, -0.2) is 28.6 Å². The highest BCUT2D eigenvalue weighted by Crippen LogP contribution is 2.30. The fourth-order valence-electron chi connectivity index (χ4n) is 2.43. The lowest BCUT2D eigenvalue weighted by Gasteiger charge is -2.09. The van der Waals surface area contributed by atoms with Crippen LogP contribution in [0.5, 0.6) is 11.6 Å². The van der Waals surface area contributed by atoms with Gasteiger partial charge in [0, 0.05) is 24.2 Å². The van der Waals surface area contributed by atoms with Crippen LogP contribution in [0.15, 0.2) is 48.7 Å². The zero-order chi connectivity index (χ0) is 21.9. The molecule has 2 heterocycles. The summed E-state index contributed by atoms with van der Waals surface area (Å²) in [4.78, 5) is 19.6. The Morgan fingerprint density at radius 3 is 2.40 bits per heavy atom. The van der Waals surface area contributed by atoms with Gasteiger partial charge in [-0.15, -0.1) is 0 Å². The van der Waals surface area contributed by atoms with Gasteiger partial charge in [0.1, 0.15) is 11.4 Å². The monoisotopic (exact) mass is 429 g/mol. The first kappa shape index (κ1) is 21.3. The lowest BCUT2D eigenvalue weighted by Crippen LogP contribution is -2.28. The van der Waals surface area contributed by atoms with E-state index in [1.54, 1.807) is 0 Å². The van der Waals surface area contributed by atoms with Crippen molar-refractivity contribution >= 4 is 16.8 Å². The van der Waals surface area contributed by atoms with Crippen LogP contribution < -0.4 is 10.1 Å². The van der Waals surface area contributed by atoms with Gasteiger partial charge in [0.05, 0.1) is 17.5 Å². The maximum absolute atomic E-state index is 12.6. The van der Waals surface area contributed by atoms with Crippen molar-refractivity contribution in [2.75, 3.05) is 6.54 Å². The number of hydrogen-bond acceptors (Lipinski definition) is 4. The summed E-state index contributed by atoms with van der Waals surface area (Å²) in [6, 6.07) is 9.29. The molecule has 0 saturated carbocycles. The van der Waals surface area contributed by atoms with Gasteiger partial charge in [0.15, 0.2) is 0 Å². The zero-order valence-electron chi connectivity index (χ0n) is 15.0. The van der Waals surface area contributed by atoms with E-state index in [-0.39, 0.29) is 17.3 Å². The van der Waals surface area contributed by atoms with Gasteiger partial charge in [-0.25, -0.2) is 9.97 Å². The number of pyridine rings is 2. The quantitative estimate of drug-likeness (QED) is 0.572. The molecule has 0 aliphatic heterocycles. The van der Waals surface area contributed by atoms with Gasteiger partial charge in [0.25, 0.3) is 5.91 Å². The molecule has 0 saturated heterocycles. The second-order valence-corrected chi connectivity index (χ2v) is 6.16. The normalized spacial score (nSPS) is 12.1. The number of carbonyl (C=O) groups is 1. The molecule has 0 aliphatic carbocycles. The Balaban J connectivity index is 1.70. The summed E-state index contributed by atoms with van der Waals surface area (Å²) in [5.41, 5.74) is -0.576. The molecular formula is C19H13F6N3O2. The van der Waals surface area contributed by atoms with E-state index in [0.717, 1.165) is 12.1 Å². The summed E-state index contributed by atoms with van der Waals surface area (Å²) in [6.07, 6.45) is -9.37. The molecule has 0 radical (unpaired) electrons. The molecule has 0 aliphatic rings. The van der Waals surface area contributed by atoms with Crippen LogP contribution in [0.1, 0.15) is 22.5 Å². The molecule has 0 atom stereocenters. The molecule has 30 heavy (non-hydrogen) atoms. The maximum atomic E-state index is 12.6. The van der Waals surface area contributed by atoms with E-state index in [4.69, 9.17) is 4.74 Å². The van der Waals surface area contributed by atoms with E-state index in [9.17, 15) is 31.1 Å². The fraction of sp³-hybridized carbons (Fsp3) is 0.211. The highest BCUT2D eigenvalue weighted by Gasteiger charge is 2.30. The highest BCUT2D eigenvalue weighted by atomic mass is 19.4. The lowest BCUT2D eigenvalue weighted by atomic mass is 10.2. The molecule has 1 aromatic carbocycles. The predicted molar refractivity (Wildman–Crippen MR) is 94.1 cm³/mol. The number of ether oxygens (including phenoxy) is 1. The van der Waals surface area contributed by atoms with Crippen molar-refractivity contribution < 1.29 is 35.9 Å². The second kappa shape index (κ2) is 8.17. The van der Waals surface area contributed by atoms with Crippen molar-refractivity contribution in [3.05, 3.63) is 59.9 Å². The molecule has 5 nitrogen and oxygen atoms in total. The van der Waals surface area contributed by atoms with Crippen molar-refractivity contribution in [1.29, 1.82) is 0 Å². The molecule has 158 valence electrons. The minimum atomic E-state index is -4.50. The third-order valence-electron chi connectivity index (χ3n) is 3.87. The Morgan fingerprint density at radius 1 is 1.00 bits per heavy atom.